The predicted octanol–water partition coefficient (Wildman–Crippen LogP) is 3.03. The average molecular weight is 331 g/mol. The van der Waals surface area contributed by atoms with Crippen molar-refractivity contribution in [1.29, 1.82) is 0 Å². The Balaban J connectivity index is 2.27. The van der Waals surface area contributed by atoms with Crippen LogP contribution in [0.25, 0.3) is 0 Å². The molecular formula is C19H29NO3. The molecule has 4 atom stereocenters. The van der Waals surface area contributed by atoms with Crippen molar-refractivity contribution >= 4 is 0 Å². The van der Waals surface area contributed by atoms with Crippen molar-refractivity contribution in [2.75, 3.05) is 27.3 Å². The van der Waals surface area contributed by atoms with Crippen LogP contribution in [0.1, 0.15) is 58.7 Å². The minimum absolute atomic E-state index is 0.0409. The summed E-state index contributed by atoms with van der Waals surface area (Å²) >= 11 is 0. The van der Waals surface area contributed by atoms with E-state index >= 15 is 0 Å². The molecule has 23 heavy (non-hydrogen) atoms. The molecule has 128 valence electrons. The first-order valence-corrected chi connectivity index (χ1v) is 7.42. The molecule has 0 saturated carbocycles. The summed E-state index contributed by atoms with van der Waals surface area (Å²) in [5, 5.41) is 11.2. The molecule has 1 saturated heterocycles. The molecule has 2 aliphatic rings. The largest absolute Gasteiger partial charge is 0.493 e. The third kappa shape index (κ3) is 3.20. The Morgan fingerprint density at radius 1 is 1.52 bits per heavy atom. The monoisotopic (exact) mass is 330 g/mol. The van der Waals surface area contributed by atoms with Crippen molar-refractivity contribution in [3.8, 4) is 11.5 Å². The van der Waals surface area contributed by atoms with Gasteiger partial charge in [0.15, 0.2) is 11.5 Å². The van der Waals surface area contributed by atoms with Crippen LogP contribution < -0.4 is 9.47 Å². The first kappa shape index (κ1) is 7.75. The Bertz CT molecular complexity index is 981. The maximum atomic E-state index is 11.2. The normalized spacial score (nSPS) is 50.0. The lowest BCUT2D eigenvalue weighted by Gasteiger charge is -2.46. The first-order valence-electron chi connectivity index (χ1n) is 12.9. The number of ether oxygens (including phenoxy) is 2. The fourth-order valence-corrected chi connectivity index (χ4v) is 2.97. The van der Waals surface area contributed by atoms with Gasteiger partial charge in [0, 0.05) is 31.4 Å². The number of hydrogen-bond acceptors (Lipinski definition) is 4. The number of benzene rings is 1. The number of hydrogen-bond donors (Lipinski definition) is 1. The number of piperidine rings is 1. The lowest BCUT2D eigenvalue weighted by molar-refractivity contribution is -0.0191. The smallest absolute Gasteiger partial charge is 0.161 e. The molecule has 0 aliphatic carbocycles. The van der Waals surface area contributed by atoms with Gasteiger partial charge in [-0.3, -0.25) is 4.90 Å². The van der Waals surface area contributed by atoms with Crippen molar-refractivity contribution in [3.05, 3.63) is 23.3 Å². The fourth-order valence-electron chi connectivity index (χ4n) is 2.97. The van der Waals surface area contributed by atoms with Gasteiger partial charge in [-0.15, -0.1) is 0 Å². The number of fused-ring (bicyclic) bond motifs is 3. The third-order valence-corrected chi connectivity index (χ3v) is 4.04. The summed E-state index contributed by atoms with van der Waals surface area (Å²) in [5.41, 5.74) is 0.552. The van der Waals surface area contributed by atoms with E-state index in [2.05, 4.69) is 0 Å². The van der Waals surface area contributed by atoms with Crippen molar-refractivity contribution in [2.24, 2.45) is 11.8 Å². The summed E-state index contributed by atoms with van der Waals surface area (Å²) < 4.78 is 103. The lowest BCUT2D eigenvalue weighted by atomic mass is 9.79. The van der Waals surface area contributed by atoms with E-state index in [-0.39, 0.29) is 24.3 Å². The van der Waals surface area contributed by atoms with Gasteiger partial charge in [-0.2, -0.15) is 0 Å². The third-order valence-electron chi connectivity index (χ3n) is 4.04. The molecule has 2 aliphatic heterocycles. The highest BCUT2D eigenvalue weighted by Crippen LogP contribution is 2.43. The van der Waals surface area contributed by atoms with Gasteiger partial charge in [0.1, 0.15) is 0 Å². The van der Waals surface area contributed by atoms with Crippen LogP contribution >= 0.6 is 0 Å². The van der Waals surface area contributed by atoms with Gasteiger partial charge in [0.05, 0.1) is 23.0 Å². The van der Waals surface area contributed by atoms with Crippen LogP contribution in [0.4, 0.5) is 0 Å². The summed E-state index contributed by atoms with van der Waals surface area (Å²) in [7, 11) is 2.77. The van der Waals surface area contributed by atoms with Crippen molar-refractivity contribution in [1.82, 2.24) is 4.90 Å². The molecule has 4 unspecified atom stereocenters. The summed E-state index contributed by atoms with van der Waals surface area (Å²) in [6, 6.07) is 0.484. The second kappa shape index (κ2) is 6.70. The second-order valence-corrected chi connectivity index (χ2v) is 5.59. The van der Waals surface area contributed by atoms with E-state index < -0.39 is 50.0 Å². The van der Waals surface area contributed by atoms with Crippen LogP contribution in [0.15, 0.2) is 12.1 Å². The molecule has 0 bridgehead atoms. The summed E-state index contributed by atoms with van der Waals surface area (Å²) in [6.07, 6.45) is -10.1. The highest BCUT2D eigenvalue weighted by atomic mass is 16.5. The van der Waals surface area contributed by atoms with Gasteiger partial charge < -0.3 is 14.6 Å². The number of methoxy groups -OCH3 is 2. The molecule has 1 aromatic carbocycles. The van der Waals surface area contributed by atoms with E-state index in [4.69, 9.17) is 23.2 Å². The maximum Gasteiger partial charge on any atom is 0.161 e. The Labute approximate surface area is 154 Å². The molecule has 2 heterocycles. The number of nitrogens with zero attached hydrogens (tertiary/aromatic N) is 1. The highest BCUT2D eigenvalue weighted by Gasteiger charge is 2.38. The van der Waals surface area contributed by atoms with E-state index in [9.17, 15) is 6.48 Å². The number of aliphatic hydroxyl groups is 1. The van der Waals surface area contributed by atoms with Gasteiger partial charge >= 0.3 is 0 Å². The van der Waals surface area contributed by atoms with Gasteiger partial charge in [-0.25, -0.2) is 0 Å². The minimum Gasteiger partial charge on any atom is -0.493 e. The number of rotatable bonds is 4. The minimum atomic E-state index is -3.63. The summed E-state index contributed by atoms with van der Waals surface area (Å²) in [6.45, 7) is -3.41. The zero-order chi connectivity index (χ0) is 26.3. The van der Waals surface area contributed by atoms with Crippen LogP contribution in [0, 0.1) is 11.8 Å². The molecule has 1 N–H and O–H groups in total. The second-order valence-electron chi connectivity index (χ2n) is 5.59. The van der Waals surface area contributed by atoms with Crippen LogP contribution in [-0.4, -0.2) is 43.4 Å². The van der Waals surface area contributed by atoms with Crippen molar-refractivity contribution in [2.45, 2.75) is 45.0 Å². The lowest BCUT2D eigenvalue weighted by Crippen LogP contribution is -2.48. The molecule has 0 spiro atoms. The van der Waals surface area contributed by atoms with E-state index in [1.807, 2.05) is 0 Å². The van der Waals surface area contributed by atoms with Crippen LogP contribution in [0.2, 0.25) is 0 Å². The standard InChI is InChI=1S/C19H29NO3/c1-12(2)7-14-11-20-6-5-13-8-18(22-3)19(23-4)9-15(13)16(20)10-17(14)21/h8-9,12,14,16-17,21H,5-7,10-11H2,1-4H3/i1D3,7D2,10D2,12D,14D,16D,17D. The molecule has 4 heteroatoms. The molecule has 3 rings (SSSR count). The Hall–Kier alpha value is -1.26. The Kier molecular flexibility index (Phi) is 2.26. The van der Waals surface area contributed by atoms with E-state index in [1.54, 1.807) is 6.07 Å². The quantitative estimate of drug-likeness (QED) is 0.921. The van der Waals surface area contributed by atoms with Gasteiger partial charge in [-0.1, -0.05) is 13.8 Å². The van der Waals surface area contributed by atoms with E-state index in [0.717, 1.165) is 11.8 Å². The summed E-state index contributed by atoms with van der Waals surface area (Å²) in [4.78, 5) is 1.13. The van der Waals surface area contributed by atoms with Crippen LogP contribution in [-0.2, 0) is 6.42 Å². The maximum absolute atomic E-state index is 11.2. The summed E-state index contributed by atoms with van der Waals surface area (Å²) in [5.74, 6) is -5.60. The SMILES string of the molecule is [2H]C([2H])([2H])C([2H])(C)C([2H])([2H])C1([2H])CN2CCc3cc(OC)c(OC)cc3C2([2H])C([2H])([2H])C1([2H])O. The van der Waals surface area contributed by atoms with Gasteiger partial charge in [0.2, 0.25) is 0 Å². The molecule has 1 fully saturated rings. The molecule has 1 aromatic rings. The molecule has 0 radical (unpaired) electrons. The molecular weight excluding hydrogens is 290 g/mol. The van der Waals surface area contributed by atoms with Gasteiger partial charge in [-0.05, 0) is 54.2 Å². The highest BCUT2D eigenvalue weighted by molar-refractivity contribution is 5.49. The molecule has 0 amide bonds. The Morgan fingerprint density at radius 3 is 2.96 bits per heavy atom. The van der Waals surface area contributed by atoms with Crippen molar-refractivity contribution in [3.63, 3.8) is 0 Å². The van der Waals surface area contributed by atoms with Crippen LogP contribution in [0.5, 0.6) is 11.5 Å². The molecule has 4 nitrogen and oxygen atoms in total. The van der Waals surface area contributed by atoms with Crippen LogP contribution in [0.3, 0.4) is 0 Å². The Morgan fingerprint density at radius 2 is 2.26 bits per heavy atom. The predicted molar refractivity (Wildman–Crippen MR) is 91.1 cm³/mol. The fraction of sp³-hybridized carbons (Fsp3) is 0.684. The first-order chi connectivity index (χ1) is 15.2. The zero-order valence-electron chi connectivity index (χ0n) is 24.5. The van der Waals surface area contributed by atoms with E-state index in [0.29, 0.717) is 11.3 Å². The zero-order valence-corrected chi connectivity index (χ0v) is 13.5. The molecule has 0 aromatic heterocycles. The van der Waals surface area contributed by atoms with E-state index in [1.165, 1.54) is 20.3 Å². The van der Waals surface area contributed by atoms with Gasteiger partial charge in [0.25, 0.3) is 0 Å². The topological polar surface area (TPSA) is 41.9 Å². The van der Waals surface area contributed by atoms with Crippen molar-refractivity contribution < 1.29 is 29.7 Å². The average Bonchev–Trinajstić information content (AvgIpc) is 2.72.